The quantitative estimate of drug-likeness (QED) is 0.669. The Balaban J connectivity index is 2.27. The molecule has 0 saturated carbocycles. The van der Waals surface area contributed by atoms with Crippen molar-refractivity contribution in [2.75, 3.05) is 5.43 Å². The van der Waals surface area contributed by atoms with Crippen LogP contribution in [-0.4, -0.2) is 4.98 Å². The zero-order valence-corrected chi connectivity index (χ0v) is 11.2. The van der Waals surface area contributed by atoms with Crippen LogP contribution in [0, 0.1) is 0 Å². The summed E-state index contributed by atoms with van der Waals surface area (Å²) >= 11 is 0. The monoisotopic (exact) mass is 297 g/mol. The van der Waals surface area contributed by atoms with Gasteiger partial charge in [0.1, 0.15) is 11.9 Å². The van der Waals surface area contributed by atoms with Gasteiger partial charge in [0.25, 0.3) is 0 Å². The largest absolute Gasteiger partial charge is 0.470 e. The minimum absolute atomic E-state index is 0.111. The fourth-order valence-corrected chi connectivity index (χ4v) is 1.78. The molecule has 1 unspecified atom stereocenters. The van der Waals surface area contributed by atoms with Crippen LogP contribution in [0.5, 0.6) is 5.88 Å². The number of alkyl halides is 3. The van der Waals surface area contributed by atoms with Gasteiger partial charge in [-0.2, -0.15) is 18.2 Å². The molecule has 0 saturated heterocycles. The second-order valence-corrected chi connectivity index (χ2v) is 4.39. The number of benzene rings is 1. The number of nitrogens with one attached hydrogen (secondary N) is 1. The van der Waals surface area contributed by atoms with Crippen LogP contribution in [0.3, 0.4) is 0 Å². The van der Waals surface area contributed by atoms with E-state index in [2.05, 4.69) is 10.4 Å². The summed E-state index contributed by atoms with van der Waals surface area (Å²) in [6.07, 6.45) is -4.93. The maximum atomic E-state index is 12.8. The molecule has 0 aliphatic heterocycles. The number of halogens is 3. The molecule has 2 aromatic rings. The number of nitrogens with two attached hydrogens (primary N) is 1. The third-order valence-corrected chi connectivity index (χ3v) is 2.84. The Morgan fingerprint density at radius 1 is 1.19 bits per heavy atom. The summed E-state index contributed by atoms with van der Waals surface area (Å²) in [6.45, 7) is 1.73. The van der Waals surface area contributed by atoms with E-state index in [1.807, 2.05) is 30.3 Å². The normalized spacial score (nSPS) is 12.8. The van der Waals surface area contributed by atoms with Crippen molar-refractivity contribution in [3.05, 3.63) is 53.6 Å². The van der Waals surface area contributed by atoms with Crippen molar-refractivity contribution in [2.24, 2.45) is 5.84 Å². The molecule has 7 heteroatoms. The van der Waals surface area contributed by atoms with E-state index >= 15 is 0 Å². The minimum atomic E-state index is -4.50. The van der Waals surface area contributed by atoms with Gasteiger partial charge in [0.05, 0.1) is 5.56 Å². The lowest BCUT2D eigenvalue weighted by Crippen LogP contribution is -2.13. The fourth-order valence-electron chi connectivity index (χ4n) is 1.78. The number of rotatable bonds is 4. The van der Waals surface area contributed by atoms with Crippen LogP contribution in [0.1, 0.15) is 24.2 Å². The summed E-state index contributed by atoms with van der Waals surface area (Å²) in [5.74, 6) is 4.88. The van der Waals surface area contributed by atoms with Crippen molar-refractivity contribution in [1.29, 1.82) is 0 Å². The standard InChI is InChI=1S/C14H14F3N3O/c1-9(10-5-3-2-4-6-10)21-13-8-11(14(15,16)17)7-12(19-13)20-18/h2-9H,18H2,1H3,(H,19,20). The maximum Gasteiger partial charge on any atom is 0.416 e. The molecule has 0 amide bonds. The van der Waals surface area contributed by atoms with E-state index in [9.17, 15) is 13.2 Å². The molecule has 4 nitrogen and oxygen atoms in total. The third-order valence-electron chi connectivity index (χ3n) is 2.84. The predicted molar refractivity (Wildman–Crippen MR) is 72.5 cm³/mol. The van der Waals surface area contributed by atoms with Gasteiger partial charge < -0.3 is 10.2 Å². The topological polar surface area (TPSA) is 60.2 Å². The number of hydrogen-bond acceptors (Lipinski definition) is 4. The van der Waals surface area contributed by atoms with Crippen molar-refractivity contribution in [3.8, 4) is 5.88 Å². The van der Waals surface area contributed by atoms with Crippen molar-refractivity contribution in [2.45, 2.75) is 19.2 Å². The molecular weight excluding hydrogens is 283 g/mol. The van der Waals surface area contributed by atoms with Gasteiger partial charge >= 0.3 is 6.18 Å². The highest BCUT2D eigenvalue weighted by molar-refractivity contribution is 5.41. The first kappa shape index (κ1) is 15.1. The van der Waals surface area contributed by atoms with Gasteiger partial charge in [0, 0.05) is 6.07 Å². The molecule has 1 atom stereocenters. The molecular formula is C14H14F3N3O. The summed E-state index contributed by atoms with van der Waals surface area (Å²) in [5, 5.41) is 0. The molecule has 21 heavy (non-hydrogen) atoms. The predicted octanol–water partition coefficient (Wildman–Crippen LogP) is 3.53. The van der Waals surface area contributed by atoms with E-state index in [0.717, 1.165) is 17.7 Å². The number of hydrazine groups is 1. The Morgan fingerprint density at radius 2 is 1.86 bits per heavy atom. The number of anilines is 1. The van der Waals surface area contributed by atoms with E-state index < -0.39 is 17.8 Å². The summed E-state index contributed by atoms with van der Waals surface area (Å²) in [5.41, 5.74) is 2.06. The Labute approximate surface area is 119 Å². The summed E-state index contributed by atoms with van der Waals surface area (Å²) in [4.78, 5) is 3.87. The Morgan fingerprint density at radius 3 is 2.43 bits per heavy atom. The Bertz CT molecular complexity index is 602. The molecule has 0 spiro atoms. The van der Waals surface area contributed by atoms with Crippen LogP contribution in [0.15, 0.2) is 42.5 Å². The highest BCUT2D eigenvalue weighted by Crippen LogP contribution is 2.33. The molecule has 3 N–H and O–H groups in total. The lowest BCUT2D eigenvalue weighted by atomic mass is 10.1. The smallest absolute Gasteiger partial charge is 0.416 e. The van der Waals surface area contributed by atoms with E-state index in [1.165, 1.54) is 0 Å². The number of aromatic nitrogens is 1. The molecule has 1 heterocycles. The summed E-state index contributed by atoms with van der Waals surface area (Å²) in [6, 6.07) is 10.8. The number of ether oxygens (including phenoxy) is 1. The minimum Gasteiger partial charge on any atom is -0.470 e. The summed E-state index contributed by atoms with van der Waals surface area (Å²) in [7, 11) is 0. The number of pyridine rings is 1. The van der Waals surface area contributed by atoms with Crippen LogP contribution >= 0.6 is 0 Å². The van der Waals surface area contributed by atoms with Crippen molar-refractivity contribution in [1.82, 2.24) is 4.98 Å². The van der Waals surface area contributed by atoms with Crippen LogP contribution in [0.2, 0.25) is 0 Å². The highest BCUT2D eigenvalue weighted by Gasteiger charge is 2.32. The molecule has 0 fully saturated rings. The van der Waals surface area contributed by atoms with Gasteiger partial charge in [0.2, 0.25) is 5.88 Å². The molecule has 1 aromatic heterocycles. The van der Waals surface area contributed by atoms with Crippen LogP contribution in [0.4, 0.5) is 19.0 Å². The zero-order valence-electron chi connectivity index (χ0n) is 11.2. The van der Waals surface area contributed by atoms with Crippen molar-refractivity contribution < 1.29 is 17.9 Å². The first-order valence-corrected chi connectivity index (χ1v) is 6.17. The Hall–Kier alpha value is -2.28. The average molecular weight is 297 g/mol. The van der Waals surface area contributed by atoms with Crippen molar-refractivity contribution >= 4 is 5.82 Å². The average Bonchev–Trinajstić information content (AvgIpc) is 2.46. The van der Waals surface area contributed by atoms with E-state index in [1.54, 1.807) is 6.92 Å². The van der Waals surface area contributed by atoms with Gasteiger partial charge in [-0.05, 0) is 18.6 Å². The maximum absolute atomic E-state index is 12.8. The number of hydrogen-bond donors (Lipinski definition) is 2. The van der Waals surface area contributed by atoms with Gasteiger partial charge in [-0.3, -0.25) is 0 Å². The number of nitrogens with zero attached hydrogens (tertiary/aromatic N) is 1. The van der Waals surface area contributed by atoms with Crippen LogP contribution < -0.4 is 16.0 Å². The van der Waals surface area contributed by atoms with Gasteiger partial charge in [-0.1, -0.05) is 30.3 Å². The molecule has 0 bridgehead atoms. The summed E-state index contributed by atoms with van der Waals surface area (Å²) < 4.78 is 43.9. The zero-order chi connectivity index (χ0) is 15.5. The number of nitrogen functional groups attached to an aromatic ring is 1. The van der Waals surface area contributed by atoms with Gasteiger partial charge in [-0.25, -0.2) is 5.84 Å². The Kier molecular flexibility index (Phi) is 4.32. The molecule has 2 rings (SSSR count). The molecule has 1 aromatic carbocycles. The second kappa shape index (κ2) is 6.01. The lowest BCUT2D eigenvalue weighted by Gasteiger charge is -2.16. The third kappa shape index (κ3) is 3.85. The van der Waals surface area contributed by atoms with Gasteiger partial charge in [0.15, 0.2) is 0 Å². The van der Waals surface area contributed by atoms with E-state index in [-0.39, 0.29) is 11.7 Å². The van der Waals surface area contributed by atoms with Crippen LogP contribution in [-0.2, 0) is 6.18 Å². The molecule has 0 aliphatic carbocycles. The molecule has 112 valence electrons. The van der Waals surface area contributed by atoms with E-state index in [4.69, 9.17) is 10.6 Å². The highest BCUT2D eigenvalue weighted by atomic mass is 19.4. The first-order chi connectivity index (χ1) is 9.90. The second-order valence-electron chi connectivity index (χ2n) is 4.39. The van der Waals surface area contributed by atoms with Gasteiger partial charge in [-0.15, -0.1) is 0 Å². The molecule has 0 aliphatic rings. The van der Waals surface area contributed by atoms with Crippen molar-refractivity contribution in [3.63, 3.8) is 0 Å². The fraction of sp³-hybridized carbons (Fsp3) is 0.214. The van der Waals surface area contributed by atoms with Crippen LogP contribution in [0.25, 0.3) is 0 Å². The SMILES string of the molecule is CC(Oc1cc(C(F)(F)F)cc(NN)n1)c1ccccc1. The van der Waals surface area contributed by atoms with E-state index in [0.29, 0.717) is 0 Å². The molecule has 0 radical (unpaired) electrons. The first-order valence-electron chi connectivity index (χ1n) is 6.17. The lowest BCUT2D eigenvalue weighted by molar-refractivity contribution is -0.137.